The van der Waals surface area contributed by atoms with Gasteiger partial charge in [0.1, 0.15) is 0 Å². The first-order valence-electron chi connectivity index (χ1n) is 5.74. The van der Waals surface area contributed by atoms with Crippen molar-refractivity contribution in [3.8, 4) is 0 Å². The summed E-state index contributed by atoms with van der Waals surface area (Å²) in [5, 5.41) is 0.254. The van der Waals surface area contributed by atoms with Gasteiger partial charge in [0.25, 0.3) is 0 Å². The number of hydrogen-bond acceptors (Lipinski definition) is 6. The summed E-state index contributed by atoms with van der Waals surface area (Å²) < 4.78 is 0. The predicted octanol–water partition coefficient (Wildman–Crippen LogP) is 0.239. The molecule has 0 saturated heterocycles. The van der Waals surface area contributed by atoms with E-state index in [0.29, 0.717) is 6.54 Å². The van der Waals surface area contributed by atoms with E-state index < -0.39 is 16.7 Å². The van der Waals surface area contributed by atoms with Crippen molar-refractivity contribution in [3.63, 3.8) is 0 Å². The van der Waals surface area contributed by atoms with E-state index in [1.165, 1.54) is 0 Å². The van der Waals surface area contributed by atoms with Gasteiger partial charge in [-0.1, -0.05) is 0 Å². The minimum absolute atomic E-state index is 0.268. The summed E-state index contributed by atoms with van der Waals surface area (Å²) in [5.74, 6) is 0. The van der Waals surface area contributed by atoms with Crippen molar-refractivity contribution in [1.82, 2.24) is 9.80 Å². The third-order valence-corrected chi connectivity index (χ3v) is 7.24. The number of carbonyl (C=O) groups is 4. The van der Waals surface area contributed by atoms with Crippen LogP contribution in [0, 0.1) is 0 Å². The maximum absolute atomic E-state index is 11.5. The van der Waals surface area contributed by atoms with Crippen LogP contribution in [0.3, 0.4) is 0 Å². The van der Waals surface area contributed by atoms with Crippen molar-refractivity contribution in [1.29, 1.82) is 0 Å². The molecule has 1 aliphatic rings. The van der Waals surface area contributed by atoms with E-state index in [4.69, 9.17) is 0 Å². The molecule has 1 rings (SSSR count). The van der Waals surface area contributed by atoms with Crippen LogP contribution in [0.5, 0.6) is 0 Å². The van der Waals surface area contributed by atoms with Crippen molar-refractivity contribution in [3.05, 3.63) is 12.4 Å². The Hall–Kier alpha value is -1.47. The fraction of sp³-hybridized carbons (Fsp3) is 0.500. The summed E-state index contributed by atoms with van der Waals surface area (Å²) in [6.07, 6.45) is 5.15. The Bertz CT molecular complexity index is 380. The van der Waals surface area contributed by atoms with E-state index in [1.54, 1.807) is 29.2 Å². The first kappa shape index (κ1) is 15.6. The number of nitrogens with zero attached hydrogens (tertiary/aromatic N) is 2. The summed E-state index contributed by atoms with van der Waals surface area (Å²) in [7, 11) is 1.65. The predicted molar refractivity (Wildman–Crippen MR) is 69.3 cm³/mol. The number of unbranched alkanes of at least 4 members (excludes halogenated alkanes) is 1. The van der Waals surface area contributed by atoms with E-state index in [1.807, 2.05) is 6.92 Å². The second kappa shape index (κ2) is 5.66. The van der Waals surface area contributed by atoms with Crippen LogP contribution in [0.4, 0.5) is 0 Å². The first-order chi connectivity index (χ1) is 9.03. The summed E-state index contributed by atoms with van der Waals surface area (Å²) >= 11 is -4.38. The van der Waals surface area contributed by atoms with Crippen molar-refractivity contribution < 1.29 is 30.8 Å². The van der Waals surface area contributed by atoms with Crippen LogP contribution in [0.15, 0.2) is 12.4 Å². The molecule has 0 bridgehead atoms. The minimum atomic E-state index is -4.38. The maximum atomic E-state index is 11.5. The molecular weight excluding hydrogens is 295 g/mol. The number of carbonyl (C=O) groups excluding carboxylic acids is 4. The average molecular weight is 314 g/mol. The Balaban J connectivity index is 3.28. The summed E-state index contributed by atoms with van der Waals surface area (Å²) in [6, 6.07) is 0. The molecule has 0 aliphatic carbocycles. The van der Waals surface area contributed by atoms with Crippen molar-refractivity contribution in [2.45, 2.75) is 24.9 Å². The van der Waals surface area contributed by atoms with Gasteiger partial charge in [-0.15, -0.1) is 0 Å². The molecule has 0 N–H and O–H groups in total. The van der Waals surface area contributed by atoms with E-state index in [0.717, 1.165) is 12.8 Å². The summed E-state index contributed by atoms with van der Waals surface area (Å²) in [4.78, 5) is 49.2. The normalized spacial score (nSPS) is 20.7. The van der Waals surface area contributed by atoms with Crippen LogP contribution >= 0.6 is 0 Å². The summed E-state index contributed by atoms with van der Waals surface area (Å²) in [6.45, 7) is 2.60. The van der Waals surface area contributed by atoms with E-state index in [9.17, 15) is 19.2 Å². The van der Waals surface area contributed by atoms with Crippen molar-refractivity contribution in [2.75, 3.05) is 13.6 Å². The van der Waals surface area contributed by atoms with Gasteiger partial charge < -0.3 is 0 Å². The molecule has 1 heterocycles. The second-order valence-corrected chi connectivity index (χ2v) is 9.26. The zero-order valence-electron chi connectivity index (χ0n) is 11.0. The molecule has 19 heavy (non-hydrogen) atoms. The molecule has 0 aromatic carbocycles. The molecule has 1 atom stereocenters. The third kappa shape index (κ3) is 2.23. The molecule has 1 aliphatic heterocycles. The average Bonchev–Trinajstić information content (AvgIpc) is 2.83. The number of rotatable bonds is 8. The fourth-order valence-corrected chi connectivity index (χ4v) is 4.86. The Kier molecular flexibility index (Phi) is 4.64. The molecule has 1 unspecified atom stereocenters. The van der Waals surface area contributed by atoms with Crippen molar-refractivity contribution >= 4 is 20.9 Å². The van der Waals surface area contributed by atoms with Gasteiger partial charge in [0.15, 0.2) is 0 Å². The van der Waals surface area contributed by atoms with Gasteiger partial charge in [0.2, 0.25) is 0 Å². The topological polar surface area (TPSA) is 74.8 Å². The third-order valence-electron chi connectivity index (χ3n) is 2.96. The fourth-order valence-electron chi connectivity index (χ4n) is 1.92. The molecule has 0 fully saturated rings. The quantitative estimate of drug-likeness (QED) is 0.598. The molecule has 7 heteroatoms. The van der Waals surface area contributed by atoms with Gasteiger partial charge in [-0.05, 0) is 0 Å². The monoisotopic (exact) mass is 314 g/mol. The van der Waals surface area contributed by atoms with Gasteiger partial charge in [0.05, 0.1) is 0 Å². The van der Waals surface area contributed by atoms with Gasteiger partial charge in [0, 0.05) is 0 Å². The van der Waals surface area contributed by atoms with Crippen LogP contribution in [0.1, 0.15) is 19.8 Å². The second-order valence-electron chi connectivity index (χ2n) is 4.27. The number of hydrogen-bond donors (Lipinski definition) is 0. The Morgan fingerprint density at radius 3 is 2.00 bits per heavy atom. The standard InChI is InChI=1S/C8H15N2.4CHO.Co/c1-3-4-5-10-7-6-9(2)8-10;4*1-2;/h6-8H,3-5H2,1-2H3;4*1H;. The first-order valence-corrected chi connectivity index (χ1v) is 8.75. The van der Waals surface area contributed by atoms with Gasteiger partial charge in [-0.2, -0.15) is 0 Å². The zero-order chi connectivity index (χ0) is 14.5. The molecule has 6 nitrogen and oxygen atoms in total. The van der Waals surface area contributed by atoms with Crippen LogP contribution in [0.2, 0.25) is 0 Å². The van der Waals surface area contributed by atoms with E-state index in [-0.39, 0.29) is 20.9 Å². The molecule has 110 valence electrons. The van der Waals surface area contributed by atoms with Gasteiger partial charge in [-0.3, -0.25) is 0 Å². The van der Waals surface area contributed by atoms with Crippen LogP contribution in [0.25, 0.3) is 0 Å². The molecule has 0 radical (unpaired) electrons. The Morgan fingerprint density at radius 1 is 1.05 bits per heavy atom. The Labute approximate surface area is 113 Å². The molecule has 0 spiro atoms. The van der Waals surface area contributed by atoms with E-state index >= 15 is 0 Å². The van der Waals surface area contributed by atoms with Gasteiger partial charge >= 0.3 is 112 Å². The molecular formula is C12H19CoN2O4. The summed E-state index contributed by atoms with van der Waals surface area (Å²) in [5.41, 5.74) is 0. The van der Waals surface area contributed by atoms with Crippen molar-refractivity contribution in [2.24, 2.45) is 0 Å². The van der Waals surface area contributed by atoms with Crippen LogP contribution < -0.4 is 0 Å². The zero-order valence-corrected chi connectivity index (χ0v) is 12.1. The molecule has 0 aromatic heterocycles. The van der Waals surface area contributed by atoms with E-state index in [2.05, 4.69) is 0 Å². The van der Waals surface area contributed by atoms with Crippen LogP contribution in [-0.4, -0.2) is 49.4 Å². The molecule has 0 saturated carbocycles. The molecule has 0 aromatic rings. The van der Waals surface area contributed by atoms with Gasteiger partial charge in [-0.25, -0.2) is 0 Å². The Morgan fingerprint density at radius 2 is 1.58 bits per heavy atom. The van der Waals surface area contributed by atoms with Crippen LogP contribution in [-0.2, 0) is 30.8 Å². The molecule has 0 amide bonds. The SMILES string of the molecule is CCCCN1C=CN(C)[CH]1[Co]([CH]=O)([CH]=O)([CH]=O)[CH]=O.